The van der Waals surface area contributed by atoms with Crippen LogP contribution in [0.15, 0.2) is 60.7 Å². The van der Waals surface area contributed by atoms with Crippen molar-refractivity contribution in [1.29, 1.82) is 0 Å². The van der Waals surface area contributed by atoms with Crippen LogP contribution in [0.1, 0.15) is 29.3 Å². The van der Waals surface area contributed by atoms with Gasteiger partial charge in [-0.3, -0.25) is 0 Å². The van der Waals surface area contributed by atoms with E-state index >= 15 is 0 Å². The van der Waals surface area contributed by atoms with Gasteiger partial charge in [-0.2, -0.15) is 0 Å². The van der Waals surface area contributed by atoms with E-state index in [1.54, 1.807) is 31.2 Å². The van der Waals surface area contributed by atoms with Gasteiger partial charge in [-0.05, 0) is 24.1 Å². The number of carbonyl (C=O) groups excluding carboxylic acids is 2. The van der Waals surface area contributed by atoms with Crippen LogP contribution in [0.5, 0.6) is 0 Å². The normalized spacial score (nSPS) is 11.5. The average Bonchev–Trinajstić information content (AvgIpc) is 2.59. The molecule has 2 rings (SSSR count). The van der Waals surface area contributed by atoms with Crippen LogP contribution >= 0.6 is 0 Å². The molecule has 114 valence electrons. The third-order valence-electron chi connectivity index (χ3n) is 3.12. The highest BCUT2D eigenvalue weighted by molar-refractivity contribution is 5.91. The standard InChI is InChI=1S/C18H18O4/c1-2-16(22-17(19)15-11-7-4-8-12-15)18(20)21-13-14-9-5-3-6-10-14/h3-12,16H,2,13H2,1H3. The van der Waals surface area contributed by atoms with E-state index in [9.17, 15) is 9.59 Å². The number of hydrogen-bond acceptors (Lipinski definition) is 4. The predicted molar refractivity (Wildman–Crippen MR) is 82.2 cm³/mol. The van der Waals surface area contributed by atoms with Gasteiger partial charge in [0.15, 0.2) is 6.10 Å². The Kier molecular flexibility index (Phi) is 5.72. The van der Waals surface area contributed by atoms with Gasteiger partial charge in [0, 0.05) is 0 Å². The zero-order chi connectivity index (χ0) is 15.8. The van der Waals surface area contributed by atoms with Gasteiger partial charge in [-0.15, -0.1) is 0 Å². The first-order valence-corrected chi connectivity index (χ1v) is 7.17. The van der Waals surface area contributed by atoms with Crippen LogP contribution in [0.4, 0.5) is 0 Å². The van der Waals surface area contributed by atoms with Crippen molar-refractivity contribution in [2.45, 2.75) is 26.1 Å². The Morgan fingerprint density at radius 1 is 0.955 bits per heavy atom. The second-order valence-electron chi connectivity index (χ2n) is 4.76. The lowest BCUT2D eigenvalue weighted by Gasteiger charge is -2.15. The summed E-state index contributed by atoms with van der Waals surface area (Å²) in [7, 11) is 0. The molecule has 2 aromatic carbocycles. The minimum Gasteiger partial charge on any atom is -0.458 e. The maximum absolute atomic E-state index is 12.0. The number of rotatable bonds is 6. The quantitative estimate of drug-likeness (QED) is 0.767. The molecular formula is C18H18O4. The van der Waals surface area contributed by atoms with Crippen LogP contribution in [0.25, 0.3) is 0 Å². The van der Waals surface area contributed by atoms with E-state index in [-0.39, 0.29) is 6.61 Å². The van der Waals surface area contributed by atoms with E-state index in [4.69, 9.17) is 9.47 Å². The molecule has 4 heteroatoms. The Hall–Kier alpha value is -2.62. The van der Waals surface area contributed by atoms with Gasteiger partial charge in [0.1, 0.15) is 6.61 Å². The van der Waals surface area contributed by atoms with E-state index in [1.165, 1.54) is 0 Å². The monoisotopic (exact) mass is 298 g/mol. The van der Waals surface area contributed by atoms with Crippen molar-refractivity contribution in [2.24, 2.45) is 0 Å². The summed E-state index contributed by atoms with van der Waals surface area (Å²) in [4.78, 5) is 24.0. The molecule has 0 N–H and O–H groups in total. The Labute approximate surface area is 129 Å². The predicted octanol–water partition coefficient (Wildman–Crippen LogP) is 3.37. The molecule has 0 bridgehead atoms. The molecule has 0 aromatic heterocycles. The SMILES string of the molecule is CCC(OC(=O)c1ccccc1)C(=O)OCc1ccccc1. The summed E-state index contributed by atoms with van der Waals surface area (Å²) >= 11 is 0. The third kappa shape index (κ3) is 4.45. The van der Waals surface area contributed by atoms with Gasteiger partial charge in [-0.25, -0.2) is 9.59 Å². The number of hydrogen-bond donors (Lipinski definition) is 0. The Morgan fingerprint density at radius 2 is 1.55 bits per heavy atom. The van der Waals surface area contributed by atoms with Crippen LogP contribution in [-0.4, -0.2) is 18.0 Å². The van der Waals surface area contributed by atoms with Gasteiger partial charge >= 0.3 is 11.9 Å². The summed E-state index contributed by atoms with van der Waals surface area (Å²) in [6.45, 7) is 1.94. The van der Waals surface area contributed by atoms with Crippen molar-refractivity contribution in [3.63, 3.8) is 0 Å². The number of benzene rings is 2. The van der Waals surface area contributed by atoms with Crippen molar-refractivity contribution in [3.8, 4) is 0 Å². The minimum absolute atomic E-state index is 0.166. The largest absolute Gasteiger partial charge is 0.458 e. The molecule has 0 aliphatic carbocycles. The first-order valence-electron chi connectivity index (χ1n) is 7.17. The zero-order valence-electron chi connectivity index (χ0n) is 12.4. The Balaban J connectivity index is 1.90. The molecule has 0 saturated heterocycles. The molecule has 2 aromatic rings. The average molecular weight is 298 g/mol. The molecule has 0 heterocycles. The minimum atomic E-state index is -0.892. The zero-order valence-corrected chi connectivity index (χ0v) is 12.4. The maximum atomic E-state index is 12.0. The molecular weight excluding hydrogens is 280 g/mol. The molecule has 0 saturated carbocycles. The van der Waals surface area contributed by atoms with Crippen molar-refractivity contribution >= 4 is 11.9 Å². The molecule has 0 spiro atoms. The first kappa shape index (κ1) is 15.8. The van der Waals surface area contributed by atoms with Crippen LogP contribution in [0, 0.1) is 0 Å². The fraction of sp³-hybridized carbons (Fsp3) is 0.222. The molecule has 1 unspecified atom stereocenters. The second-order valence-corrected chi connectivity index (χ2v) is 4.76. The number of esters is 2. The molecule has 0 fully saturated rings. The maximum Gasteiger partial charge on any atom is 0.347 e. The lowest BCUT2D eigenvalue weighted by molar-refractivity contribution is -0.155. The summed E-state index contributed by atoms with van der Waals surface area (Å²) in [5.41, 5.74) is 1.30. The van der Waals surface area contributed by atoms with Gasteiger partial charge in [0.05, 0.1) is 5.56 Å². The van der Waals surface area contributed by atoms with Crippen molar-refractivity contribution < 1.29 is 19.1 Å². The summed E-state index contributed by atoms with van der Waals surface area (Å²) in [6, 6.07) is 17.9. The molecule has 0 aliphatic heterocycles. The number of carbonyl (C=O) groups is 2. The number of ether oxygens (including phenoxy) is 2. The first-order chi connectivity index (χ1) is 10.7. The second kappa shape index (κ2) is 7.98. The topological polar surface area (TPSA) is 52.6 Å². The molecule has 22 heavy (non-hydrogen) atoms. The van der Waals surface area contributed by atoms with Crippen molar-refractivity contribution in [2.75, 3.05) is 0 Å². The van der Waals surface area contributed by atoms with Gasteiger partial charge in [-0.1, -0.05) is 55.5 Å². The molecule has 0 amide bonds. The van der Waals surface area contributed by atoms with E-state index in [1.807, 2.05) is 36.4 Å². The van der Waals surface area contributed by atoms with E-state index in [2.05, 4.69) is 0 Å². The Bertz CT molecular complexity index is 607. The highest BCUT2D eigenvalue weighted by atomic mass is 16.6. The molecule has 4 nitrogen and oxygen atoms in total. The van der Waals surface area contributed by atoms with E-state index < -0.39 is 18.0 Å². The fourth-order valence-corrected chi connectivity index (χ4v) is 1.89. The van der Waals surface area contributed by atoms with Crippen molar-refractivity contribution in [1.82, 2.24) is 0 Å². The Morgan fingerprint density at radius 3 is 2.14 bits per heavy atom. The van der Waals surface area contributed by atoms with E-state index in [0.717, 1.165) is 5.56 Å². The third-order valence-corrected chi connectivity index (χ3v) is 3.12. The molecule has 0 aliphatic rings. The van der Waals surface area contributed by atoms with Crippen LogP contribution in [0.3, 0.4) is 0 Å². The summed E-state index contributed by atoms with van der Waals surface area (Å²) in [6.07, 6.45) is -0.525. The lowest BCUT2D eigenvalue weighted by Crippen LogP contribution is -2.28. The summed E-state index contributed by atoms with van der Waals surface area (Å²) < 4.78 is 10.4. The highest BCUT2D eigenvalue weighted by Crippen LogP contribution is 2.09. The van der Waals surface area contributed by atoms with Gasteiger partial charge < -0.3 is 9.47 Å². The fourth-order valence-electron chi connectivity index (χ4n) is 1.89. The van der Waals surface area contributed by atoms with Crippen LogP contribution in [-0.2, 0) is 20.9 Å². The van der Waals surface area contributed by atoms with Crippen LogP contribution in [0.2, 0.25) is 0 Å². The lowest BCUT2D eigenvalue weighted by atomic mass is 10.2. The molecule has 1 atom stereocenters. The van der Waals surface area contributed by atoms with E-state index in [0.29, 0.717) is 12.0 Å². The summed E-state index contributed by atoms with van der Waals surface area (Å²) in [5.74, 6) is -1.06. The van der Waals surface area contributed by atoms with Gasteiger partial charge in [0.25, 0.3) is 0 Å². The highest BCUT2D eigenvalue weighted by Gasteiger charge is 2.23. The van der Waals surface area contributed by atoms with Crippen molar-refractivity contribution in [3.05, 3.63) is 71.8 Å². The molecule has 0 radical (unpaired) electrons. The summed E-state index contributed by atoms with van der Waals surface area (Å²) in [5, 5.41) is 0. The smallest absolute Gasteiger partial charge is 0.347 e. The van der Waals surface area contributed by atoms with Crippen LogP contribution < -0.4 is 0 Å². The van der Waals surface area contributed by atoms with Gasteiger partial charge in [0.2, 0.25) is 0 Å².